The van der Waals surface area contributed by atoms with Gasteiger partial charge in [0, 0.05) is 17.8 Å². The van der Waals surface area contributed by atoms with Crippen LogP contribution in [0.3, 0.4) is 0 Å². The van der Waals surface area contributed by atoms with Crippen molar-refractivity contribution >= 4 is 27.5 Å². The number of sulfone groups is 1. The van der Waals surface area contributed by atoms with Crippen molar-refractivity contribution in [3.05, 3.63) is 23.3 Å². The van der Waals surface area contributed by atoms with Gasteiger partial charge in [0.15, 0.2) is 16.1 Å². The molecule has 0 saturated carbocycles. The normalized spacial score (nSPS) is 21.6. The number of aromatic nitrogens is 3. The highest BCUT2D eigenvalue weighted by molar-refractivity contribution is 7.91. The summed E-state index contributed by atoms with van der Waals surface area (Å²) in [6, 6.07) is -0.183. The van der Waals surface area contributed by atoms with Crippen molar-refractivity contribution in [1.82, 2.24) is 14.8 Å². The summed E-state index contributed by atoms with van der Waals surface area (Å²) in [6.07, 6.45) is 4.52. The van der Waals surface area contributed by atoms with Crippen molar-refractivity contribution in [2.24, 2.45) is 0 Å². The number of hydrogen-bond donors (Lipinski definition) is 0. The molecular formula is C11H11N3O3S2. The van der Waals surface area contributed by atoms with E-state index in [2.05, 4.69) is 10.1 Å². The zero-order valence-electron chi connectivity index (χ0n) is 9.89. The van der Waals surface area contributed by atoms with E-state index in [1.165, 1.54) is 11.3 Å². The first-order valence-electron chi connectivity index (χ1n) is 5.74. The van der Waals surface area contributed by atoms with Gasteiger partial charge in [-0.1, -0.05) is 0 Å². The van der Waals surface area contributed by atoms with Crippen LogP contribution in [-0.2, 0) is 9.84 Å². The lowest BCUT2D eigenvalue weighted by Crippen LogP contribution is -2.11. The zero-order valence-corrected chi connectivity index (χ0v) is 11.5. The smallest absolute Gasteiger partial charge is 0.153 e. The van der Waals surface area contributed by atoms with Crippen LogP contribution in [0.4, 0.5) is 0 Å². The van der Waals surface area contributed by atoms with Gasteiger partial charge in [-0.3, -0.25) is 9.48 Å². The molecule has 0 N–H and O–H groups in total. The molecule has 0 spiro atoms. The molecule has 0 aromatic carbocycles. The quantitative estimate of drug-likeness (QED) is 0.794. The van der Waals surface area contributed by atoms with Crippen LogP contribution in [0.2, 0.25) is 0 Å². The molecular weight excluding hydrogens is 286 g/mol. The standard InChI is InChI=1S/C11H11N3O3S2/c15-6-8-5-14(9-1-4-19(16,17)7-9)13-10(8)11-12-2-3-18-11/h2-3,5-6,9H,1,4,7H2. The molecule has 8 heteroatoms. The summed E-state index contributed by atoms with van der Waals surface area (Å²) in [6.45, 7) is 0. The van der Waals surface area contributed by atoms with Crippen molar-refractivity contribution in [3.63, 3.8) is 0 Å². The summed E-state index contributed by atoms with van der Waals surface area (Å²) < 4.78 is 24.6. The topological polar surface area (TPSA) is 81.9 Å². The molecule has 1 fully saturated rings. The summed E-state index contributed by atoms with van der Waals surface area (Å²) in [5.74, 6) is 0.269. The Hall–Kier alpha value is -1.54. The number of carbonyl (C=O) groups excluding carboxylic acids is 1. The van der Waals surface area contributed by atoms with Crippen LogP contribution in [0.5, 0.6) is 0 Å². The van der Waals surface area contributed by atoms with Crippen LogP contribution in [0, 0.1) is 0 Å². The Morgan fingerprint density at radius 1 is 1.47 bits per heavy atom. The van der Waals surface area contributed by atoms with Gasteiger partial charge < -0.3 is 0 Å². The largest absolute Gasteiger partial charge is 0.298 e. The molecule has 19 heavy (non-hydrogen) atoms. The third kappa shape index (κ3) is 2.33. The highest BCUT2D eigenvalue weighted by Gasteiger charge is 2.30. The number of thiazole rings is 1. The lowest BCUT2D eigenvalue weighted by molar-refractivity contribution is 0.112. The molecule has 1 unspecified atom stereocenters. The van der Waals surface area contributed by atoms with E-state index >= 15 is 0 Å². The predicted molar refractivity (Wildman–Crippen MR) is 71.0 cm³/mol. The lowest BCUT2D eigenvalue weighted by atomic mass is 10.2. The second-order valence-electron chi connectivity index (χ2n) is 4.43. The van der Waals surface area contributed by atoms with E-state index in [0.717, 1.165) is 6.29 Å². The van der Waals surface area contributed by atoms with Crippen LogP contribution in [0.1, 0.15) is 22.8 Å². The van der Waals surface area contributed by atoms with Crippen molar-refractivity contribution < 1.29 is 13.2 Å². The van der Waals surface area contributed by atoms with Crippen molar-refractivity contribution in [1.29, 1.82) is 0 Å². The van der Waals surface area contributed by atoms with Crippen LogP contribution < -0.4 is 0 Å². The number of hydrogen-bond acceptors (Lipinski definition) is 6. The molecule has 2 aromatic heterocycles. The number of nitrogens with zero attached hydrogens (tertiary/aromatic N) is 3. The van der Waals surface area contributed by atoms with Gasteiger partial charge in [0.25, 0.3) is 0 Å². The first-order valence-corrected chi connectivity index (χ1v) is 8.44. The molecule has 0 amide bonds. The molecule has 1 atom stereocenters. The Morgan fingerprint density at radius 2 is 2.32 bits per heavy atom. The molecule has 1 aliphatic heterocycles. The summed E-state index contributed by atoms with van der Waals surface area (Å²) >= 11 is 1.40. The van der Waals surface area contributed by atoms with Gasteiger partial charge in [0.2, 0.25) is 0 Å². The average Bonchev–Trinajstić information content (AvgIpc) is 3.05. The molecule has 1 aliphatic rings. The monoisotopic (exact) mass is 297 g/mol. The molecule has 0 aliphatic carbocycles. The Labute approximate surface area is 114 Å². The summed E-state index contributed by atoms with van der Waals surface area (Å²) in [5.41, 5.74) is 0.966. The fourth-order valence-corrected chi connectivity index (χ4v) is 4.52. The Bertz CT molecular complexity index is 704. The van der Waals surface area contributed by atoms with Gasteiger partial charge >= 0.3 is 0 Å². The van der Waals surface area contributed by atoms with E-state index in [1.54, 1.807) is 17.1 Å². The number of carbonyl (C=O) groups is 1. The summed E-state index contributed by atoms with van der Waals surface area (Å²) in [7, 11) is -2.97. The molecule has 2 aromatic rings. The van der Waals surface area contributed by atoms with Crippen LogP contribution in [0.15, 0.2) is 17.8 Å². The van der Waals surface area contributed by atoms with Gasteiger partial charge in [-0.15, -0.1) is 11.3 Å². The third-order valence-electron chi connectivity index (χ3n) is 3.10. The van der Waals surface area contributed by atoms with Gasteiger partial charge in [-0.25, -0.2) is 13.4 Å². The van der Waals surface area contributed by atoms with E-state index in [9.17, 15) is 13.2 Å². The van der Waals surface area contributed by atoms with Crippen molar-refractivity contribution in [3.8, 4) is 10.7 Å². The Balaban J connectivity index is 1.99. The minimum absolute atomic E-state index is 0.0876. The molecule has 3 rings (SSSR count). The van der Waals surface area contributed by atoms with Crippen LogP contribution in [-0.4, -0.2) is 41.0 Å². The zero-order chi connectivity index (χ0) is 13.5. The maximum absolute atomic E-state index is 11.5. The molecule has 0 radical (unpaired) electrons. The highest BCUT2D eigenvalue weighted by atomic mass is 32.2. The maximum Gasteiger partial charge on any atom is 0.153 e. The van der Waals surface area contributed by atoms with Gasteiger partial charge in [-0.05, 0) is 6.42 Å². The molecule has 0 bridgehead atoms. The van der Waals surface area contributed by atoms with Gasteiger partial charge in [0.05, 0.1) is 23.1 Å². The fourth-order valence-electron chi connectivity index (χ4n) is 2.17. The van der Waals surface area contributed by atoms with E-state index in [1.807, 2.05) is 5.38 Å². The van der Waals surface area contributed by atoms with E-state index in [-0.39, 0.29) is 17.5 Å². The first-order chi connectivity index (χ1) is 9.09. The predicted octanol–water partition coefficient (Wildman–Crippen LogP) is 1.18. The SMILES string of the molecule is O=Cc1cn(C2CCS(=O)(=O)C2)nc1-c1nccs1. The Morgan fingerprint density at radius 3 is 2.89 bits per heavy atom. The molecule has 3 heterocycles. The highest BCUT2D eigenvalue weighted by Crippen LogP contribution is 2.28. The molecule has 1 saturated heterocycles. The van der Waals surface area contributed by atoms with E-state index < -0.39 is 9.84 Å². The minimum Gasteiger partial charge on any atom is -0.298 e. The summed E-state index contributed by atoms with van der Waals surface area (Å²) in [4.78, 5) is 15.2. The molecule has 6 nitrogen and oxygen atoms in total. The van der Waals surface area contributed by atoms with E-state index in [4.69, 9.17) is 0 Å². The van der Waals surface area contributed by atoms with Crippen LogP contribution >= 0.6 is 11.3 Å². The number of aldehydes is 1. The second-order valence-corrected chi connectivity index (χ2v) is 7.55. The van der Waals surface area contributed by atoms with Crippen LogP contribution in [0.25, 0.3) is 10.7 Å². The summed E-state index contributed by atoms with van der Waals surface area (Å²) in [5, 5.41) is 6.82. The first kappa shape index (κ1) is 12.5. The van der Waals surface area contributed by atoms with Gasteiger partial charge in [-0.2, -0.15) is 5.10 Å². The lowest BCUT2D eigenvalue weighted by Gasteiger charge is -2.07. The average molecular weight is 297 g/mol. The van der Waals surface area contributed by atoms with E-state index in [0.29, 0.717) is 22.7 Å². The van der Waals surface area contributed by atoms with Crippen molar-refractivity contribution in [2.75, 3.05) is 11.5 Å². The van der Waals surface area contributed by atoms with Crippen molar-refractivity contribution in [2.45, 2.75) is 12.5 Å². The minimum atomic E-state index is -2.97. The molecule has 100 valence electrons. The third-order valence-corrected chi connectivity index (χ3v) is 5.63. The number of rotatable bonds is 3. The second kappa shape index (κ2) is 4.53. The Kier molecular flexibility index (Phi) is 2.98. The maximum atomic E-state index is 11.5. The van der Waals surface area contributed by atoms with Gasteiger partial charge in [0.1, 0.15) is 10.7 Å². The fraction of sp³-hybridized carbons (Fsp3) is 0.364.